The molecule has 2 aromatic rings. The molecule has 0 unspecified atom stereocenters. The zero-order chi connectivity index (χ0) is 14.7. The van der Waals surface area contributed by atoms with Gasteiger partial charge < -0.3 is 5.32 Å². The molecule has 0 atom stereocenters. The molecule has 0 saturated carbocycles. The van der Waals surface area contributed by atoms with Crippen LogP contribution in [0.4, 0.5) is 5.69 Å². The van der Waals surface area contributed by atoms with Crippen molar-refractivity contribution in [3.63, 3.8) is 0 Å². The summed E-state index contributed by atoms with van der Waals surface area (Å²) in [5.41, 5.74) is 1.07. The number of nitrogens with one attached hydrogen (secondary N) is 1. The fraction of sp³-hybridized carbons (Fsp3) is 0. The van der Waals surface area contributed by atoms with E-state index in [1.165, 1.54) is 12.1 Å². The fourth-order valence-electron chi connectivity index (χ4n) is 1.58. The van der Waals surface area contributed by atoms with Crippen LogP contribution in [0.1, 0.15) is 15.9 Å². The molecule has 0 fully saturated rings. The second kappa shape index (κ2) is 6.27. The maximum atomic E-state index is 12.2. The van der Waals surface area contributed by atoms with Gasteiger partial charge in [-0.15, -0.1) is 0 Å². The Bertz CT molecular complexity index is 726. The van der Waals surface area contributed by atoms with Crippen molar-refractivity contribution in [2.45, 2.75) is 0 Å². The lowest BCUT2D eigenvalue weighted by molar-refractivity contribution is 0.102. The Balaban J connectivity index is 2.33. The van der Waals surface area contributed by atoms with Gasteiger partial charge in [0.1, 0.15) is 6.07 Å². The van der Waals surface area contributed by atoms with E-state index in [4.69, 9.17) is 28.5 Å². The molecule has 0 heterocycles. The molecule has 2 aromatic carbocycles. The topological polar surface area (TPSA) is 52.9 Å². The number of hydrogen-bond donors (Lipinski definition) is 1. The summed E-state index contributed by atoms with van der Waals surface area (Å²) < 4.78 is 0.758. The molecule has 0 spiro atoms. The second-order valence-electron chi connectivity index (χ2n) is 3.88. The summed E-state index contributed by atoms with van der Waals surface area (Å²) in [5, 5.41) is 12.4. The number of amides is 1. The van der Waals surface area contributed by atoms with E-state index in [0.29, 0.717) is 21.8 Å². The van der Waals surface area contributed by atoms with Gasteiger partial charge in [-0.1, -0.05) is 39.1 Å². The van der Waals surface area contributed by atoms with Crippen LogP contribution in [0.3, 0.4) is 0 Å². The zero-order valence-corrected chi connectivity index (χ0v) is 13.1. The Morgan fingerprint density at radius 3 is 2.60 bits per heavy atom. The van der Waals surface area contributed by atoms with Crippen molar-refractivity contribution in [1.29, 1.82) is 5.26 Å². The van der Waals surface area contributed by atoms with Crippen LogP contribution in [0, 0.1) is 11.3 Å². The average molecular weight is 370 g/mol. The molecule has 0 aliphatic carbocycles. The summed E-state index contributed by atoms with van der Waals surface area (Å²) in [6.07, 6.45) is 0. The van der Waals surface area contributed by atoms with E-state index in [0.717, 1.165) is 4.47 Å². The Hall–Kier alpha value is -1.54. The van der Waals surface area contributed by atoms with Crippen LogP contribution in [0.15, 0.2) is 40.9 Å². The third kappa shape index (κ3) is 3.31. The van der Waals surface area contributed by atoms with E-state index >= 15 is 0 Å². The van der Waals surface area contributed by atoms with E-state index in [1.807, 2.05) is 6.07 Å². The van der Waals surface area contributed by atoms with Gasteiger partial charge in [-0.2, -0.15) is 5.26 Å². The molecule has 1 amide bonds. The number of benzene rings is 2. The first-order chi connectivity index (χ1) is 9.51. The predicted octanol–water partition coefficient (Wildman–Crippen LogP) is 4.88. The standard InChI is InChI=1S/C14H7BrCl2N2O/c15-9-2-1-8(7-18)13(5-9)19-14(20)11-4-3-10(16)6-12(11)17/h1-6H,(H,19,20). The van der Waals surface area contributed by atoms with Gasteiger partial charge in [0.05, 0.1) is 21.8 Å². The maximum absolute atomic E-state index is 12.2. The molecule has 0 aliphatic heterocycles. The number of halogens is 3. The summed E-state index contributed by atoms with van der Waals surface area (Å²) in [4.78, 5) is 12.2. The molecule has 0 bridgehead atoms. The molecular weight excluding hydrogens is 363 g/mol. The van der Waals surface area contributed by atoms with Gasteiger partial charge in [0.15, 0.2) is 0 Å². The third-order valence-electron chi connectivity index (χ3n) is 2.53. The number of anilines is 1. The molecule has 2 rings (SSSR count). The maximum Gasteiger partial charge on any atom is 0.257 e. The van der Waals surface area contributed by atoms with Crippen molar-refractivity contribution >= 4 is 50.7 Å². The molecule has 0 aromatic heterocycles. The van der Waals surface area contributed by atoms with Crippen molar-refractivity contribution in [2.75, 3.05) is 5.32 Å². The van der Waals surface area contributed by atoms with E-state index in [-0.39, 0.29) is 5.02 Å². The van der Waals surface area contributed by atoms with Crippen LogP contribution >= 0.6 is 39.1 Å². The normalized spacial score (nSPS) is 9.90. The van der Waals surface area contributed by atoms with Crippen LogP contribution in [0.2, 0.25) is 10.0 Å². The highest BCUT2D eigenvalue weighted by molar-refractivity contribution is 9.10. The van der Waals surface area contributed by atoms with E-state index < -0.39 is 5.91 Å². The number of carbonyl (C=O) groups is 1. The van der Waals surface area contributed by atoms with E-state index in [9.17, 15) is 4.79 Å². The molecule has 20 heavy (non-hydrogen) atoms. The third-order valence-corrected chi connectivity index (χ3v) is 3.57. The van der Waals surface area contributed by atoms with Crippen molar-refractivity contribution in [2.24, 2.45) is 0 Å². The van der Waals surface area contributed by atoms with Crippen molar-refractivity contribution in [1.82, 2.24) is 0 Å². The first-order valence-electron chi connectivity index (χ1n) is 5.47. The van der Waals surface area contributed by atoms with Crippen LogP contribution in [0.5, 0.6) is 0 Å². The van der Waals surface area contributed by atoms with Crippen LogP contribution in [0.25, 0.3) is 0 Å². The van der Waals surface area contributed by atoms with Crippen LogP contribution in [-0.2, 0) is 0 Å². The number of nitriles is 1. The van der Waals surface area contributed by atoms with Crippen molar-refractivity contribution in [3.8, 4) is 6.07 Å². The van der Waals surface area contributed by atoms with Crippen molar-refractivity contribution in [3.05, 3.63) is 62.0 Å². The average Bonchev–Trinajstić information content (AvgIpc) is 2.38. The number of hydrogen-bond acceptors (Lipinski definition) is 2. The van der Waals surface area contributed by atoms with E-state index in [1.54, 1.807) is 24.3 Å². The molecule has 3 nitrogen and oxygen atoms in total. The van der Waals surface area contributed by atoms with Crippen molar-refractivity contribution < 1.29 is 4.79 Å². The molecule has 6 heteroatoms. The quantitative estimate of drug-likeness (QED) is 0.820. The van der Waals surface area contributed by atoms with Gasteiger partial charge in [-0.05, 0) is 36.4 Å². The minimum absolute atomic E-state index is 0.253. The second-order valence-corrected chi connectivity index (χ2v) is 5.64. The van der Waals surface area contributed by atoms with Gasteiger partial charge in [0.25, 0.3) is 5.91 Å². The largest absolute Gasteiger partial charge is 0.321 e. The van der Waals surface area contributed by atoms with Gasteiger partial charge in [-0.3, -0.25) is 4.79 Å². The predicted molar refractivity (Wildman–Crippen MR) is 83.3 cm³/mol. The summed E-state index contributed by atoms with van der Waals surface area (Å²) in [7, 11) is 0. The SMILES string of the molecule is N#Cc1ccc(Br)cc1NC(=O)c1ccc(Cl)cc1Cl. The summed E-state index contributed by atoms with van der Waals surface area (Å²) in [6.45, 7) is 0. The lowest BCUT2D eigenvalue weighted by atomic mass is 10.1. The van der Waals surface area contributed by atoms with Gasteiger partial charge in [-0.25, -0.2) is 0 Å². The first kappa shape index (κ1) is 14.9. The molecular formula is C14H7BrCl2N2O. The highest BCUT2D eigenvalue weighted by atomic mass is 79.9. The van der Waals surface area contributed by atoms with Gasteiger partial charge in [0, 0.05) is 9.50 Å². The summed E-state index contributed by atoms with van der Waals surface area (Å²) in [6, 6.07) is 11.6. The summed E-state index contributed by atoms with van der Waals surface area (Å²) >= 11 is 15.1. The Morgan fingerprint density at radius 1 is 1.20 bits per heavy atom. The minimum Gasteiger partial charge on any atom is -0.321 e. The number of rotatable bonds is 2. The minimum atomic E-state index is -0.402. The highest BCUT2D eigenvalue weighted by Crippen LogP contribution is 2.24. The van der Waals surface area contributed by atoms with Gasteiger partial charge in [0.2, 0.25) is 0 Å². The summed E-state index contributed by atoms with van der Waals surface area (Å²) in [5.74, 6) is -0.402. The molecule has 0 radical (unpaired) electrons. The lowest BCUT2D eigenvalue weighted by Gasteiger charge is -2.09. The Morgan fingerprint density at radius 2 is 1.95 bits per heavy atom. The van der Waals surface area contributed by atoms with Crippen LogP contribution < -0.4 is 5.32 Å². The monoisotopic (exact) mass is 368 g/mol. The first-order valence-corrected chi connectivity index (χ1v) is 7.02. The smallest absolute Gasteiger partial charge is 0.257 e. The van der Waals surface area contributed by atoms with E-state index in [2.05, 4.69) is 21.2 Å². The number of nitrogens with zero attached hydrogens (tertiary/aromatic N) is 1. The van der Waals surface area contributed by atoms with Crippen LogP contribution in [-0.4, -0.2) is 5.91 Å². The Kier molecular flexibility index (Phi) is 4.66. The van der Waals surface area contributed by atoms with Gasteiger partial charge >= 0.3 is 0 Å². The highest BCUT2D eigenvalue weighted by Gasteiger charge is 2.13. The molecule has 1 N–H and O–H groups in total. The fourth-order valence-corrected chi connectivity index (χ4v) is 2.44. The Labute approximate surface area is 134 Å². The zero-order valence-electron chi connectivity index (χ0n) is 9.95. The molecule has 100 valence electrons. The lowest BCUT2D eigenvalue weighted by Crippen LogP contribution is -2.13. The molecule has 0 saturated heterocycles. The number of carbonyl (C=O) groups excluding carboxylic acids is 1. The molecule has 0 aliphatic rings.